The molecule has 0 atom stereocenters. The largest absolute Gasteiger partial charge is 0.120 e. The lowest BCUT2D eigenvalue weighted by Gasteiger charge is -1.86. The third kappa shape index (κ3) is 2.94. The molecule has 0 bridgehead atoms. The Hall–Kier alpha value is -0.560. The van der Waals surface area contributed by atoms with E-state index in [0.717, 1.165) is 18.7 Å². The van der Waals surface area contributed by atoms with Crippen molar-refractivity contribution in [3.63, 3.8) is 0 Å². The predicted molar refractivity (Wildman–Crippen MR) is 72.1 cm³/mol. The minimum atomic E-state index is 1.02. The molecule has 0 nitrogen and oxygen atoms in total. The highest BCUT2D eigenvalue weighted by Gasteiger charge is 2.01. The van der Waals surface area contributed by atoms with Gasteiger partial charge in [0.25, 0.3) is 0 Å². The molecule has 3 heteroatoms. The summed E-state index contributed by atoms with van der Waals surface area (Å²) >= 11 is 8.54. The van der Waals surface area contributed by atoms with E-state index in [1.807, 2.05) is 36.4 Å². The van der Waals surface area contributed by atoms with Crippen LogP contribution in [0.1, 0.15) is 11.1 Å². The lowest BCUT2D eigenvalue weighted by atomic mass is 10.2. The van der Waals surface area contributed by atoms with E-state index in [4.69, 9.17) is 0 Å². The van der Waals surface area contributed by atoms with Gasteiger partial charge in [0, 0.05) is 5.56 Å². The molecular weight excluding hydrogens is 336 g/mol. The maximum atomic E-state index is 3.48. The Balaban J connectivity index is 2.30. The van der Waals surface area contributed by atoms with E-state index in [0.29, 0.717) is 0 Å². The van der Waals surface area contributed by atoms with Crippen molar-refractivity contribution < 1.29 is 0 Å². The first kappa shape index (κ1) is 10.9. The van der Waals surface area contributed by atoms with Gasteiger partial charge in [0.15, 0.2) is 0 Å². The summed E-state index contributed by atoms with van der Waals surface area (Å²) in [6.45, 7) is 0. The number of rotatable bonds is 0. The number of halogens is 2. The Morgan fingerprint density at radius 2 is 1.73 bits per heavy atom. The van der Waals surface area contributed by atoms with Crippen molar-refractivity contribution >= 4 is 43.2 Å². The van der Waals surface area contributed by atoms with Crippen LogP contribution in [0.2, 0.25) is 0 Å². The van der Waals surface area contributed by atoms with E-state index in [9.17, 15) is 0 Å². The lowest BCUT2D eigenvalue weighted by molar-refractivity contribution is 1.64. The summed E-state index contributed by atoms with van der Waals surface area (Å²) < 4.78 is 2.16. The van der Waals surface area contributed by atoms with Crippen LogP contribution >= 0.6 is 43.2 Å². The van der Waals surface area contributed by atoms with Crippen LogP contribution in [-0.2, 0) is 0 Å². The maximum Gasteiger partial charge on any atom is 0.0866 e. The van der Waals surface area contributed by atoms with Crippen LogP contribution in [0.4, 0.5) is 0 Å². The van der Waals surface area contributed by atoms with Crippen LogP contribution < -0.4 is 0 Å². The van der Waals surface area contributed by atoms with E-state index in [-0.39, 0.29) is 0 Å². The minimum absolute atomic E-state index is 1.02. The van der Waals surface area contributed by atoms with Crippen LogP contribution in [0.15, 0.2) is 44.0 Å². The van der Waals surface area contributed by atoms with Gasteiger partial charge in [-0.15, -0.1) is 11.3 Å². The average molecular weight is 342 g/mol. The SMILES string of the molecule is Brc1cc(C#Cc2ccccc2)c(Br)s1. The number of benzene rings is 1. The lowest BCUT2D eigenvalue weighted by Crippen LogP contribution is -1.72. The maximum absolute atomic E-state index is 3.48. The van der Waals surface area contributed by atoms with Gasteiger partial charge in [0.1, 0.15) is 0 Å². The molecule has 1 aromatic heterocycles. The fourth-order valence-corrected chi connectivity index (χ4v) is 3.76. The Morgan fingerprint density at radius 3 is 2.33 bits per heavy atom. The highest BCUT2D eigenvalue weighted by Crippen LogP contribution is 2.31. The molecule has 1 heterocycles. The molecular formula is C12H6Br2S. The molecule has 74 valence electrons. The molecule has 0 saturated heterocycles. The first-order chi connectivity index (χ1) is 7.25. The van der Waals surface area contributed by atoms with Crippen molar-refractivity contribution in [1.29, 1.82) is 0 Å². The van der Waals surface area contributed by atoms with Gasteiger partial charge in [-0.1, -0.05) is 30.0 Å². The van der Waals surface area contributed by atoms with E-state index in [1.54, 1.807) is 11.3 Å². The van der Waals surface area contributed by atoms with Gasteiger partial charge in [0.2, 0.25) is 0 Å². The Labute approximate surface area is 110 Å². The predicted octanol–water partition coefficient (Wildman–Crippen LogP) is 4.67. The Bertz CT molecular complexity index is 518. The second-order valence-electron chi connectivity index (χ2n) is 2.85. The van der Waals surface area contributed by atoms with E-state index in [2.05, 4.69) is 43.7 Å². The zero-order chi connectivity index (χ0) is 10.7. The molecule has 0 spiro atoms. The normalized spacial score (nSPS) is 9.47. The third-order valence-electron chi connectivity index (χ3n) is 1.77. The first-order valence-corrected chi connectivity index (χ1v) is 6.68. The monoisotopic (exact) mass is 340 g/mol. The van der Waals surface area contributed by atoms with Gasteiger partial charge in [-0.2, -0.15) is 0 Å². The molecule has 2 rings (SSSR count). The molecule has 0 aliphatic carbocycles. The van der Waals surface area contributed by atoms with Gasteiger partial charge in [0.05, 0.1) is 13.1 Å². The summed E-state index contributed by atoms with van der Waals surface area (Å²) in [5, 5.41) is 0. The molecule has 1 aromatic carbocycles. The molecule has 2 aromatic rings. The second kappa shape index (κ2) is 4.98. The van der Waals surface area contributed by atoms with Crippen molar-refractivity contribution in [3.05, 3.63) is 55.1 Å². The van der Waals surface area contributed by atoms with Crippen molar-refractivity contribution in [3.8, 4) is 11.8 Å². The summed E-state index contributed by atoms with van der Waals surface area (Å²) in [7, 11) is 0. The standard InChI is InChI=1S/C12H6Br2S/c13-11-8-10(12(14)15-11)7-6-9-4-2-1-3-5-9/h1-5,8H. The zero-order valence-corrected chi connectivity index (χ0v) is 11.6. The summed E-state index contributed by atoms with van der Waals surface area (Å²) in [5.74, 6) is 6.25. The minimum Gasteiger partial charge on any atom is -0.120 e. The van der Waals surface area contributed by atoms with Crippen LogP contribution in [0.3, 0.4) is 0 Å². The van der Waals surface area contributed by atoms with Gasteiger partial charge in [-0.25, -0.2) is 0 Å². The molecule has 0 unspecified atom stereocenters. The summed E-state index contributed by atoms with van der Waals surface area (Å²) in [5.41, 5.74) is 2.06. The van der Waals surface area contributed by atoms with Crippen LogP contribution in [0.25, 0.3) is 0 Å². The number of hydrogen-bond acceptors (Lipinski definition) is 1. The smallest absolute Gasteiger partial charge is 0.0866 e. The molecule has 0 N–H and O–H groups in total. The zero-order valence-electron chi connectivity index (χ0n) is 7.63. The van der Waals surface area contributed by atoms with Crippen LogP contribution in [0, 0.1) is 11.8 Å². The first-order valence-electron chi connectivity index (χ1n) is 4.27. The second-order valence-corrected chi connectivity index (χ2v) is 6.60. The fourth-order valence-electron chi connectivity index (χ4n) is 1.09. The van der Waals surface area contributed by atoms with E-state index in [1.165, 1.54) is 0 Å². The third-order valence-corrected chi connectivity index (χ3v) is 4.11. The molecule has 0 radical (unpaired) electrons. The Morgan fingerprint density at radius 1 is 1.00 bits per heavy atom. The summed E-state index contributed by atoms with van der Waals surface area (Å²) in [6.07, 6.45) is 0. The quantitative estimate of drug-likeness (QED) is 0.611. The fraction of sp³-hybridized carbons (Fsp3) is 0. The number of hydrogen-bond donors (Lipinski definition) is 0. The average Bonchev–Trinajstić information content (AvgIpc) is 2.56. The van der Waals surface area contributed by atoms with Gasteiger partial charge < -0.3 is 0 Å². The van der Waals surface area contributed by atoms with Crippen molar-refractivity contribution in [2.45, 2.75) is 0 Å². The van der Waals surface area contributed by atoms with Gasteiger partial charge >= 0.3 is 0 Å². The van der Waals surface area contributed by atoms with Crippen LogP contribution in [0.5, 0.6) is 0 Å². The van der Waals surface area contributed by atoms with Crippen LogP contribution in [-0.4, -0.2) is 0 Å². The van der Waals surface area contributed by atoms with Crippen molar-refractivity contribution in [2.75, 3.05) is 0 Å². The highest BCUT2D eigenvalue weighted by molar-refractivity contribution is 9.12. The molecule has 0 aliphatic heterocycles. The molecule has 0 amide bonds. The molecule has 0 aliphatic rings. The van der Waals surface area contributed by atoms with E-state index < -0.39 is 0 Å². The van der Waals surface area contributed by atoms with Gasteiger partial charge in [-0.05, 0) is 50.1 Å². The van der Waals surface area contributed by atoms with Crippen molar-refractivity contribution in [1.82, 2.24) is 0 Å². The highest BCUT2D eigenvalue weighted by atomic mass is 79.9. The van der Waals surface area contributed by atoms with E-state index >= 15 is 0 Å². The molecule has 15 heavy (non-hydrogen) atoms. The summed E-state index contributed by atoms with van der Waals surface area (Å²) in [6, 6.07) is 12.0. The van der Waals surface area contributed by atoms with Gasteiger partial charge in [-0.3, -0.25) is 0 Å². The Kier molecular flexibility index (Phi) is 3.63. The number of thiophene rings is 1. The molecule has 0 saturated carbocycles. The van der Waals surface area contributed by atoms with Crippen molar-refractivity contribution in [2.24, 2.45) is 0 Å². The summed E-state index contributed by atoms with van der Waals surface area (Å²) in [4.78, 5) is 0. The topological polar surface area (TPSA) is 0 Å². The molecule has 0 fully saturated rings.